The highest BCUT2D eigenvalue weighted by molar-refractivity contribution is 5.90. The minimum Gasteiger partial charge on any atom is -0.410 e. The molecule has 2 saturated heterocycles. The number of nitrogens with two attached hydrogens (primary N) is 1. The molecule has 0 saturated carbocycles. The SMILES string of the molecule is CCC(C)C(=O)C1CCN(C(=O)Oc2ccc(C[C@@H](CN)NC(=O)[C@H](C)[C@@H](OC)[C@@H]3CCCN3C(=O)C[C@@H](OC)[C@H]([C@@H](C)CC)N(C)C(=O)[C@@H](NC(=O)C(C(C)C)N(C)C)C(C)C)cc2)CC1. The number of Topliss-reactive ketones (excluding diaryl/α,β-unsaturated/α-hetero) is 1. The highest BCUT2D eigenvalue weighted by atomic mass is 16.6. The second kappa shape index (κ2) is 27.2. The number of carbonyl (C=O) groups is 6. The van der Waals surface area contributed by atoms with E-state index in [1.165, 1.54) is 0 Å². The zero-order valence-electron chi connectivity index (χ0n) is 43.3. The number of hydrogen-bond donors (Lipinski definition) is 3. The van der Waals surface area contributed by atoms with Crippen LogP contribution in [-0.4, -0.2) is 159 Å². The standard InChI is InChI=1S/C51H87N7O9/c1-15-33(7)45(56(12)50(63)43(31(3)4)54-49(62)44(32(5)6)55(10)11)41(65-13)29-42(59)58-25-17-18-40(58)47(66-14)35(9)48(61)53-38(30-52)28-36-19-21-39(22-20-36)67-51(64)57-26-23-37(24-27-57)46(60)34(8)16-2/h19-22,31-35,37-38,40-41,43-45,47H,15-18,23-30,52H2,1-14H3,(H,53,61)(H,54,62)/t33-,34?,35+,38-,40-,41+,43-,44?,45-,47+/m0/s1. The van der Waals surface area contributed by atoms with Crippen LogP contribution in [0.25, 0.3) is 0 Å². The van der Waals surface area contributed by atoms with Gasteiger partial charge in [0.2, 0.25) is 23.6 Å². The van der Waals surface area contributed by atoms with Crippen LogP contribution in [0.2, 0.25) is 0 Å². The first-order valence-electron chi connectivity index (χ1n) is 24.8. The Kier molecular flexibility index (Phi) is 23.2. The molecule has 0 spiro atoms. The van der Waals surface area contributed by atoms with Crippen LogP contribution in [0, 0.1) is 35.5 Å². The Morgan fingerprint density at radius 1 is 0.806 bits per heavy atom. The van der Waals surface area contributed by atoms with Gasteiger partial charge in [0.25, 0.3) is 0 Å². The van der Waals surface area contributed by atoms with Gasteiger partial charge >= 0.3 is 6.09 Å². The van der Waals surface area contributed by atoms with E-state index in [0.717, 1.165) is 24.8 Å². The van der Waals surface area contributed by atoms with Crippen molar-refractivity contribution in [3.63, 3.8) is 0 Å². The number of ketones is 1. The van der Waals surface area contributed by atoms with Crippen molar-refractivity contribution in [2.45, 2.75) is 156 Å². The number of amides is 5. The largest absolute Gasteiger partial charge is 0.415 e. The van der Waals surface area contributed by atoms with Crippen molar-refractivity contribution in [1.29, 1.82) is 0 Å². The van der Waals surface area contributed by atoms with Crippen molar-refractivity contribution >= 4 is 35.5 Å². The number of carbonyl (C=O) groups excluding carboxylic acids is 6. The lowest BCUT2D eigenvalue weighted by Gasteiger charge is -2.41. The van der Waals surface area contributed by atoms with E-state index in [0.29, 0.717) is 51.1 Å². The zero-order valence-corrected chi connectivity index (χ0v) is 43.3. The molecule has 67 heavy (non-hydrogen) atoms. The van der Waals surface area contributed by atoms with E-state index in [1.807, 2.05) is 86.5 Å². The molecule has 380 valence electrons. The first kappa shape index (κ1) is 57.2. The summed E-state index contributed by atoms with van der Waals surface area (Å²) in [5.74, 6) is -0.968. The van der Waals surface area contributed by atoms with Crippen molar-refractivity contribution in [3.05, 3.63) is 29.8 Å². The lowest BCUT2D eigenvalue weighted by atomic mass is 9.85. The molecule has 0 radical (unpaired) electrons. The molecule has 0 aromatic heterocycles. The van der Waals surface area contributed by atoms with Gasteiger partial charge in [0.1, 0.15) is 17.6 Å². The third-order valence-electron chi connectivity index (χ3n) is 14.4. The average Bonchev–Trinajstić information content (AvgIpc) is 3.79. The summed E-state index contributed by atoms with van der Waals surface area (Å²) in [4.78, 5) is 88.6. The third kappa shape index (κ3) is 15.4. The zero-order chi connectivity index (χ0) is 50.3. The van der Waals surface area contributed by atoms with Crippen molar-refractivity contribution < 1.29 is 43.0 Å². The summed E-state index contributed by atoms with van der Waals surface area (Å²) in [6.07, 6.45) is 2.98. The maximum absolute atomic E-state index is 14.4. The molecule has 4 N–H and O–H groups in total. The van der Waals surface area contributed by atoms with Gasteiger partial charge in [-0.25, -0.2) is 4.79 Å². The van der Waals surface area contributed by atoms with Crippen LogP contribution in [0.5, 0.6) is 5.75 Å². The molecule has 1 aromatic rings. The first-order chi connectivity index (χ1) is 31.6. The first-order valence-corrected chi connectivity index (χ1v) is 24.8. The molecule has 10 atom stereocenters. The molecule has 2 fully saturated rings. The highest BCUT2D eigenvalue weighted by Gasteiger charge is 2.43. The summed E-state index contributed by atoms with van der Waals surface area (Å²) in [6, 6.07) is 4.73. The van der Waals surface area contributed by atoms with Crippen molar-refractivity contribution in [2.24, 2.45) is 41.2 Å². The van der Waals surface area contributed by atoms with Crippen LogP contribution in [0.4, 0.5) is 4.79 Å². The number of nitrogens with one attached hydrogen (secondary N) is 2. The van der Waals surface area contributed by atoms with E-state index in [1.54, 1.807) is 55.0 Å². The molecule has 1 aromatic carbocycles. The predicted molar refractivity (Wildman–Crippen MR) is 261 cm³/mol. The molecular weight excluding hydrogens is 855 g/mol. The molecule has 2 unspecified atom stereocenters. The molecular formula is C51H87N7O9. The van der Waals surface area contributed by atoms with Crippen molar-refractivity contribution in [2.75, 3.05) is 61.5 Å². The van der Waals surface area contributed by atoms with Crippen LogP contribution in [-0.2, 0) is 39.9 Å². The number of likely N-dealkylation sites (N-methyl/N-ethyl adjacent to an activating group) is 2. The van der Waals surface area contributed by atoms with Gasteiger partial charge < -0.3 is 45.3 Å². The van der Waals surface area contributed by atoms with Gasteiger partial charge in [0.05, 0.1) is 42.7 Å². The molecule has 2 heterocycles. The van der Waals surface area contributed by atoms with E-state index in [-0.39, 0.29) is 78.0 Å². The number of rotatable bonds is 25. The minimum atomic E-state index is -0.777. The summed E-state index contributed by atoms with van der Waals surface area (Å²) >= 11 is 0. The summed E-state index contributed by atoms with van der Waals surface area (Å²) in [6.45, 7) is 19.3. The summed E-state index contributed by atoms with van der Waals surface area (Å²) in [7, 11) is 8.56. The maximum Gasteiger partial charge on any atom is 0.415 e. The van der Waals surface area contributed by atoms with Gasteiger partial charge in [-0.05, 0) is 88.1 Å². The fourth-order valence-corrected chi connectivity index (χ4v) is 10.0. The molecule has 2 aliphatic heterocycles. The van der Waals surface area contributed by atoms with Gasteiger partial charge in [-0.3, -0.25) is 28.9 Å². The van der Waals surface area contributed by atoms with E-state index in [9.17, 15) is 28.8 Å². The second-order valence-electron chi connectivity index (χ2n) is 20.1. The van der Waals surface area contributed by atoms with Crippen LogP contribution < -0.4 is 21.1 Å². The summed E-state index contributed by atoms with van der Waals surface area (Å²) in [5, 5.41) is 6.15. The molecule has 16 nitrogen and oxygen atoms in total. The number of nitrogens with zero attached hydrogens (tertiary/aromatic N) is 4. The van der Waals surface area contributed by atoms with E-state index < -0.39 is 48.4 Å². The van der Waals surface area contributed by atoms with E-state index in [2.05, 4.69) is 10.6 Å². The van der Waals surface area contributed by atoms with Gasteiger partial charge in [0, 0.05) is 65.3 Å². The second-order valence-corrected chi connectivity index (χ2v) is 20.1. The third-order valence-corrected chi connectivity index (χ3v) is 14.4. The topological polar surface area (TPSA) is 193 Å². The van der Waals surface area contributed by atoms with Crippen LogP contribution >= 0.6 is 0 Å². The Labute approximate surface area is 402 Å². The van der Waals surface area contributed by atoms with Crippen molar-refractivity contribution in [1.82, 2.24) is 30.2 Å². The predicted octanol–water partition coefficient (Wildman–Crippen LogP) is 5.15. The fourth-order valence-electron chi connectivity index (χ4n) is 10.0. The Morgan fingerprint density at radius 2 is 1.43 bits per heavy atom. The van der Waals surface area contributed by atoms with E-state index >= 15 is 0 Å². The molecule has 16 heteroatoms. The van der Waals surface area contributed by atoms with Crippen LogP contribution in [0.1, 0.15) is 113 Å². The van der Waals surface area contributed by atoms with Crippen LogP contribution in [0.3, 0.4) is 0 Å². The monoisotopic (exact) mass is 942 g/mol. The number of hydrogen-bond acceptors (Lipinski definition) is 11. The Hall–Kier alpha value is -4.12. The number of ether oxygens (including phenoxy) is 3. The van der Waals surface area contributed by atoms with Crippen LogP contribution in [0.15, 0.2) is 24.3 Å². The van der Waals surface area contributed by atoms with E-state index in [4.69, 9.17) is 19.9 Å². The molecule has 0 bridgehead atoms. The molecule has 3 rings (SSSR count). The summed E-state index contributed by atoms with van der Waals surface area (Å²) in [5.41, 5.74) is 7.08. The van der Waals surface area contributed by atoms with Gasteiger partial charge in [0.15, 0.2) is 0 Å². The minimum absolute atomic E-state index is 0.0119. The fraction of sp³-hybridized carbons (Fsp3) is 0.765. The number of benzene rings is 1. The van der Waals surface area contributed by atoms with Gasteiger partial charge in [-0.15, -0.1) is 0 Å². The lowest BCUT2D eigenvalue weighted by molar-refractivity contribution is -0.148. The van der Waals surface area contributed by atoms with Gasteiger partial charge in [-0.2, -0.15) is 0 Å². The van der Waals surface area contributed by atoms with Crippen molar-refractivity contribution in [3.8, 4) is 5.75 Å². The smallest absolute Gasteiger partial charge is 0.410 e. The lowest BCUT2D eigenvalue weighted by Crippen LogP contribution is -2.59. The maximum atomic E-state index is 14.4. The molecule has 0 aliphatic carbocycles. The molecule has 2 aliphatic rings. The Balaban J connectivity index is 1.65. The highest BCUT2D eigenvalue weighted by Crippen LogP contribution is 2.30. The molecule has 5 amide bonds. The number of likely N-dealkylation sites (tertiary alicyclic amines) is 2. The normalized spacial score (nSPS) is 19.8. The number of methoxy groups -OCH3 is 2. The van der Waals surface area contributed by atoms with Gasteiger partial charge in [-0.1, -0.05) is 80.9 Å². The Bertz CT molecular complexity index is 1740. The summed E-state index contributed by atoms with van der Waals surface area (Å²) < 4.78 is 17.7. The number of piperidine rings is 1. The average molecular weight is 942 g/mol. The quantitative estimate of drug-likeness (QED) is 0.118. The Morgan fingerprint density at radius 3 is 1.94 bits per heavy atom.